The molecule has 142 valence electrons. The van der Waals surface area contributed by atoms with Crippen LogP contribution in [0.25, 0.3) is 0 Å². The number of thioether (sulfide) groups is 1. The summed E-state index contributed by atoms with van der Waals surface area (Å²) in [6, 6.07) is 16.7. The van der Waals surface area contributed by atoms with E-state index in [1.54, 1.807) is 11.8 Å². The van der Waals surface area contributed by atoms with Gasteiger partial charge in [0.05, 0.1) is 0 Å². The Hall–Kier alpha value is -2.27. The molecular formula is C22H27N3OS. The Kier molecular flexibility index (Phi) is 6.56. The first-order valence-corrected chi connectivity index (χ1v) is 10.5. The number of aryl methyl sites for hydroxylation is 2. The number of rotatable bonds is 8. The van der Waals surface area contributed by atoms with Gasteiger partial charge in [-0.3, -0.25) is 0 Å². The van der Waals surface area contributed by atoms with E-state index in [0.29, 0.717) is 0 Å². The summed E-state index contributed by atoms with van der Waals surface area (Å²) in [6.07, 6.45) is 0.874. The zero-order chi connectivity index (χ0) is 19.2. The van der Waals surface area contributed by atoms with Crippen molar-refractivity contribution in [3.05, 3.63) is 71.0 Å². The van der Waals surface area contributed by atoms with E-state index in [9.17, 15) is 0 Å². The fourth-order valence-electron chi connectivity index (χ4n) is 2.98. The van der Waals surface area contributed by atoms with Gasteiger partial charge in [-0.1, -0.05) is 55.1 Å². The molecule has 1 unspecified atom stereocenters. The van der Waals surface area contributed by atoms with E-state index in [0.717, 1.165) is 35.4 Å². The van der Waals surface area contributed by atoms with E-state index >= 15 is 0 Å². The topological polar surface area (TPSA) is 39.9 Å². The molecule has 5 heteroatoms. The minimum absolute atomic E-state index is 0.155. The molecular weight excluding hydrogens is 354 g/mol. The molecule has 0 radical (unpaired) electrons. The SMILES string of the molecule is CCc1ccc(OC(C)c2nnc(SCc3ccccc3C)n2CC)cc1. The first kappa shape index (κ1) is 19.5. The molecule has 0 fully saturated rings. The molecule has 0 N–H and O–H groups in total. The fraction of sp³-hybridized carbons (Fsp3) is 0.364. The Morgan fingerprint density at radius 3 is 2.44 bits per heavy atom. The summed E-state index contributed by atoms with van der Waals surface area (Å²) in [4.78, 5) is 0. The van der Waals surface area contributed by atoms with Gasteiger partial charge >= 0.3 is 0 Å². The predicted octanol–water partition coefficient (Wildman–Crippen LogP) is 5.60. The average Bonchev–Trinajstić information content (AvgIpc) is 3.11. The van der Waals surface area contributed by atoms with Crippen molar-refractivity contribution >= 4 is 11.8 Å². The lowest BCUT2D eigenvalue weighted by atomic mass is 10.1. The van der Waals surface area contributed by atoms with Gasteiger partial charge in [-0.15, -0.1) is 10.2 Å². The molecule has 0 saturated heterocycles. The van der Waals surface area contributed by atoms with Crippen molar-refractivity contribution in [2.75, 3.05) is 0 Å². The highest BCUT2D eigenvalue weighted by atomic mass is 32.2. The Balaban J connectivity index is 1.71. The normalized spacial score (nSPS) is 12.1. The molecule has 3 rings (SSSR count). The van der Waals surface area contributed by atoms with E-state index in [-0.39, 0.29) is 6.10 Å². The lowest BCUT2D eigenvalue weighted by molar-refractivity contribution is 0.210. The lowest BCUT2D eigenvalue weighted by Crippen LogP contribution is -2.12. The van der Waals surface area contributed by atoms with Crippen molar-refractivity contribution < 1.29 is 4.74 Å². The van der Waals surface area contributed by atoms with Gasteiger partial charge in [0.15, 0.2) is 17.1 Å². The maximum Gasteiger partial charge on any atom is 0.191 e. The third kappa shape index (κ3) is 4.72. The van der Waals surface area contributed by atoms with Crippen molar-refractivity contribution in [3.8, 4) is 5.75 Å². The van der Waals surface area contributed by atoms with Gasteiger partial charge in [-0.25, -0.2) is 0 Å². The largest absolute Gasteiger partial charge is 0.483 e. The summed E-state index contributed by atoms with van der Waals surface area (Å²) in [7, 11) is 0. The maximum absolute atomic E-state index is 6.11. The number of hydrogen-bond donors (Lipinski definition) is 0. The van der Waals surface area contributed by atoms with E-state index in [1.807, 2.05) is 19.1 Å². The van der Waals surface area contributed by atoms with Crippen LogP contribution in [-0.4, -0.2) is 14.8 Å². The quantitative estimate of drug-likeness (QED) is 0.476. The van der Waals surface area contributed by atoms with E-state index in [2.05, 4.69) is 71.9 Å². The second-order valence-corrected chi connectivity index (χ2v) is 7.50. The molecule has 0 bridgehead atoms. The Labute approximate surface area is 166 Å². The first-order valence-electron chi connectivity index (χ1n) is 9.48. The van der Waals surface area contributed by atoms with Crippen LogP contribution in [0.2, 0.25) is 0 Å². The molecule has 3 aromatic rings. The van der Waals surface area contributed by atoms with Crippen LogP contribution in [0.3, 0.4) is 0 Å². The molecule has 4 nitrogen and oxygen atoms in total. The summed E-state index contributed by atoms with van der Waals surface area (Å²) in [6.45, 7) is 9.26. The number of aromatic nitrogens is 3. The zero-order valence-corrected chi connectivity index (χ0v) is 17.3. The average molecular weight is 382 g/mol. The van der Waals surface area contributed by atoms with Crippen molar-refractivity contribution in [3.63, 3.8) is 0 Å². The van der Waals surface area contributed by atoms with Crippen LogP contribution in [0.5, 0.6) is 5.75 Å². The first-order chi connectivity index (χ1) is 13.1. The van der Waals surface area contributed by atoms with Gasteiger partial charge in [0, 0.05) is 12.3 Å². The van der Waals surface area contributed by atoms with Gasteiger partial charge in [0.1, 0.15) is 5.75 Å². The highest BCUT2D eigenvalue weighted by molar-refractivity contribution is 7.98. The molecule has 0 saturated carbocycles. The highest BCUT2D eigenvalue weighted by Crippen LogP contribution is 2.27. The van der Waals surface area contributed by atoms with Crippen molar-refractivity contribution in [2.45, 2.75) is 57.7 Å². The molecule has 1 atom stereocenters. The van der Waals surface area contributed by atoms with Gasteiger partial charge in [-0.2, -0.15) is 0 Å². The van der Waals surface area contributed by atoms with Crippen LogP contribution in [0.15, 0.2) is 53.7 Å². The molecule has 0 aliphatic carbocycles. The molecule has 1 heterocycles. The third-order valence-corrected chi connectivity index (χ3v) is 5.70. The Morgan fingerprint density at radius 1 is 1.04 bits per heavy atom. The van der Waals surface area contributed by atoms with Crippen LogP contribution >= 0.6 is 11.8 Å². The fourth-order valence-corrected chi connectivity index (χ4v) is 4.07. The second kappa shape index (κ2) is 9.09. The van der Waals surface area contributed by atoms with Gasteiger partial charge in [-0.05, 0) is 56.0 Å². The lowest BCUT2D eigenvalue weighted by Gasteiger charge is -2.16. The molecule has 1 aromatic heterocycles. The molecule has 0 amide bonds. The van der Waals surface area contributed by atoms with Gasteiger partial charge in [0.2, 0.25) is 0 Å². The maximum atomic E-state index is 6.11. The van der Waals surface area contributed by atoms with Crippen LogP contribution in [0.1, 0.15) is 49.4 Å². The Bertz CT molecular complexity index is 874. The molecule has 2 aromatic carbocycles. The second-order valence-electron chi connectivity index (χ2n) is 6.56. The minimum Gasteiger partial charge on any atom is -0.483 e. The number of benzene rings is 2. The van der Waals surface area contributed by atoms with Crippen molar-refractivity contribution in [1.29, 1.82) is 0 Å². The monoisotopic (exact) mass is 381 g/mol. The summed E-state index contributed by atoms with van der Waals surface area (Å²) in [5, 5.41) is 9.77. The smallest absolute Gasteiger partial charge is 0.191 e. The molecule has 0 aliphatic rings. The molecule has 27 heavy (non-hydrogen) atoms. The standard InChI is InChI=1S/C22H27N3OS/c1-5-18-11-13-20(14-12-18)26-17(4)21-23-24-22(25(21)6-2)27-15-19-10-8-7-9-16(19)3/h7-14,17H,5-6,15H2,1-4H3. The minimum atomic E-state index is -0.155. The molecule has 0 aliphatic heterocycles. The van der Waals surface area contributed by atoms with Crippen LogP contribution in [0, 0.1) is 6.92 Å². The molecule has 0 spiro atoms. The van der Waals surface area contributed by atoms with Crippen LogP contribution in [0.4, 0.5) is 0 Å². The third-order valence-electron chi connectivity index (χ3n) is 4.69. The summed E-state index contributed by atoms with van der Waals surface area (Å²) < 4.78 is 8.25. The summed E-state index contributed by atoms with van der Waals surface area (Å²) in [5.74, 6) is 2.61. The zero-order valence-electron chi connectivity index (χ0n) is 16.5. The summed E-state index contributed by atoms with van der Waals surface area (Å²) >= 11 is 1.72. The van der Waals surface area contributed by atoms with E-state index in [1.165, 1.54) is 16.7 Å². The van der Waals surface area contributed by atoms with Crippen LogP contribution in [-0.2, 0) is 18.7 Å². The van der Waals surface area contributed by atoms with Gasteiger partial charge in [0.25, 0.3) is 0 Å². The van der Waals surface area contributed by atoms with Crippen molar-refractivity contribution in [2.24, 2.45) is 0 Å². The van der Waals surface area contributed by atoms with Crippen LogP contribution < -0.4 is 4.74 Å². The summed E-state index contributed by atoms with van der Waals surface area (Å²) in [5.41, 5.74) is 3.94. The number of nitrogens with zero attached hydrogens (tertiary/aromatic N) is 3. The Morgan fingerprint density at radius 2 is 1.78 bits per heavy atom. The van der Waals surface area contributed by atoms with Gasteiger partial charge < -0.3 is 9.30 Å². The number of hydrogen-bond acceptors (Lipinski definition) is 4. The highest BCUT2D eigenvalue weighted by Gasteiger charge is 2.19. The predicted molar refractivity (Wildman–Crippen MR) is 111 cm³/mol. The van der Waals surface area contributed by atoms with E-state index in [4.69, 9.17) is 4.74 Å². The number of ether oxygens (including phenoxy) is 1. The van der Waals surface area contributed by atoms with E-state index < -0.39 is 0 Å². The van der Waals surface area contributed by atoms with Crippen molar-refractivity contribution in [1.82, 2.24) is 14.8 Å².